The number of methoxy groups -OCH3 is 1. The van der Waals surface area contributed by atoms with E-state index in [2.05, 4.69) is 15.5 Å². The van der Waals surface area contributed by atoms with Gasteiger partial charge in [0.15, 0.2) is 6.10 Å². The zero-order valence-corrected chi connectivity index (χ0v) is 18.9. The molecule has 2 aromatic rings. The quantitative estimate of drug-likeness (QED) is 0.586. The Balaban J connectivity index is 0.00000363. The third-order valence-electron chi connectivity index (χ3n) is 4.92. The van der Waals surface area contributed by atoms with Crippen molar-refractivity contribution < 1.29 is 23.8 Å². The van der Waals surface area contributed by atoms with Crippen molar-refractivity contribution in [3.8, 4) is 5.75 Å². The summed E-state index contributed by atoms with van der Waals surface area (Å²) in [6.07, 6.45) is 1.63. The van der Waals surface area contributed by atoms with Crippen molar-refractivity contribution in [2.45, 2.75) is 25.4 Å². The van der Waals surface area contributed by atoms with E-state index in [1.54, 1.807) is 43.5 Å². The van der Waals surface area contributed by atoms with Crippen LogP contribution < -0.4 is 15.4 Å². The maximum absolute atomic E-state index is 12.5. The van der Waals surface area contributed by atoms with E-state index in [9.17, 15) is 9.59 Å². The Labute approximate surface area is 194 Å². The van der Waals surface area contributed by atoms with Gasteiger partial charge in [-0.15, -0.1) is 12.4 Å². The van der Waals surface area contributed by atoms with E-state index in [1.807, 2.05) is 18.2 Å². The van der Waals surface area contributed by atoms with Crippen LogP contribution in [0.1, 0.15) is 19.3 Å². The maximum Gasteiger partial charge on any atom is 0.412 e. The molecule has 9 heteroatoms. The van der Waals surface area contributed by atoms with Crippen LogP contribution in [0.15, 0.2) is 54.6 Å². The molecular formula is C23H30ClN3O5. The first-order valence-electron chi connectivity index (χ1n) is 10.5. The number of piperidine rings is 1. The molecule has 2 amide bonds. The number of nitrogens with one attached hydrogen (secondary N) is 2. The van der Waals surface area contributed by atoms with Gasteiger partial charge in [-0.2, -0.15) is 0 Å². The van der Waals surface area contributed by atoms with Crippen molar-refractivity contribution in [3.63, 3.8) is 0 Å². The van der Waals surface area contributed by atoms with Crippen LogP contribution in [0, 0.1) is 0 Å². The van der Waals surface area contributed by atoms with Crippen LogP contribution in [0.2, 0.25) is 0 Å². The van der Waals surface area contributed by atoms with Crippen LogP contribution in [0.25, 0.3) is 0 Å². The van der Waals surface area contributed by atoms with Crippen LogP contribution in [0.4, 0.5) is 21.0 Å². The highest BCUT2D eigenvalue weighted by atomic mass is 35.5. The molecule has 1 heterocycles. The molecule has 1 aliphatic rings. The molecule has 8 nitrogen and oxygen atoms in total. The molecule has 3 rings (SSSR count). The van der Waals surface area contributed by atoms with Gasteiger partial charge in [-0.3, -0.25) is 15.5 Å². The van der Waals surface area contributed by atoms with E-state index in [0.717, 1.165) is 25.9 Å². The normalized spacial score (nSPS) is 14.4. The average Bonchev–Trinajstić information content (AvgIpc) is 2.79. The van der Waals surface area contributed by atoms with Gasteiger partial charge in [-0.25, -0.2) is 9.59 Å². The van der Waals surface area contributed by atoms with Crippen molar-refractivity contribution in [1.82, 2.24) is 4.90 Å². The van der Waals surface area contributed by atoms with Gasteiger partial charge < -0.3 is 14.2 Å². The molecular weight excluding hydrogens is 434 g/mol. The molecule has 0 spiro atoms. The number of para-hydroxylation sites is 1. The van der Waals surface area contributed by atoms with E-state index in [0.29, 0.717) is 23.7 Å². The number of rotatable bonds is 8. The lowest BCUT2D eigenvalue weighted by molar-refractivity contribution is 0.0299. The van der Waals surface area contributed by atoms with E-state index in [-0.39, 0.29) is 19.0 Å². The Morgan fingerprint density at radius 1 is 0.938 bits per heavy atom. The fraction of sp³-hybridized carbons (Fsp3) is 0.391. The van der Waals surface area contributed by atoms with E-state index in [4.69, 9.17) is 14.2 Å². The standard InChI is InChI=1S/C23H29N3O5.ClH/c1-29-20-12-8-11-19(15-20)25-23(28)31-21(16-26-13-6-3-7-14-26)17-30-22(27)24-18-9-4-2-5-10-18;/h2,4-5,8-12,15,21H,3,6-7,13-14,16-17H2,1H3,(H,24,27)(H,25,28);1H. The lowest BCUT2D eigenvalue weighted by Gasteiger charge is -2.30. The summed E-state index contributed by atoms with van der Waals surface area (Å²) >= 11 is 0. The smallest absolute Gasteiger partial charge is 0.412 e. The predicted octanol–water partition coefficient (Wildman–Crippen LogP) is 4.77. The molecule has 174 valence electrons. The molecule has 0 bridgehead atoms. The molecule has 2 N–H and O–H groups in total. The molecule has 1 aliphatic heterocycles. The summed E-state index contributed by atoms with van der Waals surface area (Å²) in [5.74, 6) is 0.628. The number of benzene rings is 2. The Morgan fingerprint density at radius 3 is 2.34 bits per heavy atom. The van der Waals surface area contributed by atoms with Crippen molar-refractivity contribution >= 4 is 36.0 Å². The summed E-state index contributed by atoms with van der Waals surface area (Å²) in [6, 6.07) is 16.0. The minimum Gasteiger partial charge on any atom is -0.497 e. The van der Waals surface area contributed by atoms with Crippen LogP contribution in [-0.2, 0) is 9.47 Å². The van der Waals surface area contributed by atoms with E-state index >= 15 is 0 Å². The van der Waals surface area contributed by atoms with Gasteiger partial charge in [0.05, 0.1) is 7.11 Å². The minimum absolute atomic E-state index is 0. The molecule has 2 aromatic carbocycles. The Kier molecular flexibility index (Phi) is 10.6. The number of ether oxygens (including phenoxy) is 3. The number of carbonyl (C=O) groups excluding carboxylic acids is 2. The summed E-state index contributed by atoms with van der Waals surface area (Å²) in [7, 11) is 1.56. The zero-order valence-electron chi connectivity index (χ0n) is 18.1. The van der Waals surface area contributed by atoms with Crippen molar-refractivity contribution in [1.29, 1.82) is 0 Å². The lowest BCUT2D eigenvalue weighted by Crippen LogP contribution is -2.41. The molecule has 0 aromatic heterocycles. The molecule has 0 radical (unpaired) electrons. The summed E-state index contributed by atoms with van der Waals surface area (Å²) in [5.41, 5.74) is 1.19. The number of hydrogen-bond acceptors (Lipinski definition) is 6. The number of likely N-dealkylation sites (tertiary alicyclic amines) is 1. The highest BCUT2D eigenvalue weighted by Crippen LogP contribution is 2.17. The second-order valence-corrected chi connectivity index (χ2v) is 7.34. The molecule has 1 unspecified atom stereocenters. The Morgan fingerprint density at radius 2 is 1.62 bits per heavy atom. The number of nitrogens with zero attached hydrogens (tertiary/aromatic N) is 1. The first-order chi connectivity index (χ1) is 15.1. The molecule has 0 saturated carbocycles. The van der Waals surface area contributed by atoms with Crippen molar-refractivity contribution in [2.75, 3.05) is 44.0 Å². The van der Waals surface area contributed by atoms with Crippen LogP contribution in [0.5, 0.6) is 5.75 Å². The van der Waals surface area contributed by atoms with Crippen molar-refractivity contribution in [3.05, 3.63) is 54.6 Å². The summed E-state index contributed by atoms with van der Waals surface area (Å²) in [5, 5.41) is 5.36. The minimum atomic E-state index is -0.609. The summed E-state index contributed by atoms with van der Waals surface area (Å²) in [4.78, 5) is 26.8. The van der Waals surface area contributed by atoms with Crippen molar-refractivity contribution in [2.24, 2.45) is 0 Å². The topological polar surface area (TPSA) is 89.1 Å². The van der Waals surface area contributed by atoms with Gasteiger partial charge in [0, 0.05) is 24.0 Å². The third-order valence-corrected chi connectivity index (χ3v) is 4.92. The second kappa shape index (κ2) is 13.4. The SMILES string of the molecule is COc1cccc(NC(=O)OC(COC(=O)Nc2ccccc2)CN2CCCCC2)c1.Cl. The van der Waals surface area contributed by atoms with Crippen LogP contribution in [0.3, 0.4) is 0 Å². The molecule has 1 atom stereocenters. The zero-order chi connectivity index (χ0) is 21.9. The van der Waals surface area contributed by atoms with E-state index < -0.39 is 18.3 Å². The number of amides is 2. The highest BCUT2D eigenvalue weighted by molar-refractivity contribution is 5.86. The Bertz CT molecular complexity index is 847. The Hall–Kier alpha value is -2.97. The van der Waals surface area contributed by atoms with Gasteiger partial charge in [0.25, 0.3) is 0 Å². The first-order valence-corrected chi connectivity index (χ1v) is 10.5. The number of anilines is 2. The monoisotopic (exact) mass is 463 g/mol. The molecule has 0 aliphatic carbocycles. The number of carbonyl (C=O) groups is 2. The lowest BCUT2D eigenvalue weighted by atomic mass is 10.1. The number of halogens is 1. The first kappa shape index (κ1) is 25.3. The van der Waals surface area contributed by atoms with Gasteiger partial charge in [-0.1, -0.05) is 30.7 Å². The average molecular weight is 464 g/mol. The summed E-state index contributed by atoms with van der Waals surface area (Å²) < 4.78 is 16.1. The van der Waals surface area contributed by atoms with Crippen LogP contribution >= 0.6 is 12.4 Å². The van der Waals surface area contributed by atoms with Gasteiger partial charge in [-0.05, 0) is 50.2 Å². The summed E-state index contributed by atoms with van der Waals surface area (Å²) in [6.45, 7) is 2.34. The van der Waals surface area contributed by atoms with Gasteiger partial charge in [0.2, 0.25) is 0 Å². The second-order valence-electron chi connectivity index (χ2n) is 7.34. The van der Waals surface area contributed by atoms with Gasteiger partial charge >= 0.3 is 12.2 Å². The predicted molar refractivity (Wildman–Crippen MR) is 126 cm³/mol. The number of hydrogen-bond donors (Lipinski definition) is 2. The van der Waals surface area contributed by atoms with Gasteiger partial charge in [0.1, 0.15) is 12.4 Å². The fourth-order valence-corrected chi connectivity index (χ4v) is 3.40. The van der Waals surface area contributed by atoms with E-state index in [1.165, 1.54) is 6.42 Å². The van der Waals surface area contributed by atoms with Crippen LogP contribution in [-0.4, -0.2) is 56.5 Å². The maximum atomic E-state index is 12.5. The largest absolute Gasteiger partial charge is 0.497 e. The molecule has 1 fully saturated rings. The fourth-order valence-electron chi connectivity index (χ4n) is 3.40. The molecule has 32 heavy (non-hydrogen) atoms. The third kappa shape index (κ3) is 8.64. The highest BCUT2D eigenvalue weighted by Gasteiger charge is 2.22. The molecule has 1 saturated heterocycles.